The van der Waals surface area contributed by atoms with Gasteiger partial charge >= 0.3 is 6.18 Å². The molecule has 1 N–H and O–H groups in total. The van der Waals surface area contributed by atoms with Crippen LogP contribution < -0.4 is 5.32 Å². The standard InChI is InChI=1S/C19H16ClF3N2O2/c20-15-8-7-14(19(21,22)23)11-16(15)24-17(26)12-3-5-13(6-4-12)18(27)25-9-1-2-10-25/h3-8,11H,1-2,9-10H2,(H,24,26). The monoisotopic (exact) mass is 396 g/mol. The van der Waals surface area contributed by atoms with Gasteiger partial charge in [-0.05, 0) is 55.3 Å². The van der Waals surface area contributed by atoms with Crippen LogP contribution in [0.5, 0.6) is 0 Å². The molecule has 1 heterocycles. The fraction of sp³-hybridized carbons (Fsp3) is 0.263. The van der Waals surface area contributed by atoms with Gasteiger partial charge in [0, 0.05) is 24.2 Å². The van der Waals surface area contributed by atoms with Crippen molar-refractivity contribution in [3.05, 3.63) is 64.2 Å². The molecule has 1 aliphatic heterocycles. The van der Waals surface area contributed by atoms with Gasteiger partial charge in [-0.1, -0.05) is 11.6 Å². The number of likely N-dealkylation sites (tertiary alicyclic amines) is 1. The molecule has 0 unspecified atom stereocenters. The Morgan fingerprint density at radius 2 is 1.56 bits per heavy atom. The molecule has 0 bridgehead atoms. The number of hydrogen-bond donors (Lipinski definition) is 1. The second-order valence-corrected chi connectivity index (χ2v) is 6.63. The molecular weight excluding hydrogens is 381 g/mol. The largest absolute Gasteiger partial charge is 0.416 e. The minimum Gasteiger partial charge on any atom is -0.339 e. The number of nitrogens with zero attached hydrogens (tertiary/aromatic N) is 1. The van der Waals surface area contributed by atoms with Crippen molar-refractivity contribution in [1.29, 1.82) is 0 Å². The third kappa shape index (κ3) is 4.42. The Morgan fingerprint density at radius 1 is 0.963 bits per heavy atom. The van der Waals surface area contributed by atoms with E-state index in [0.717, 1.165) is 44.1 Å². The smallest absolute Gasteiger partial charge is 0.339 e. The molecule has 0 aliphatic carbocycles. The predicted octanol–water partition coefficient (Wildman–Crippen LogP) is 4.85. The molecule has 2 aromatic rings. The van der Waals surface area contributed by atoms with Crippen molar-refractivity contribution in [2.24, 2.45) is 0 Å². The lowest BCUT2D eigenvalue weighted by Gasteiger charge is -2.15. The van der Waals surface area contributed by atoms with Crippen molar-refractivity contribution in [3.63, 3.8) is 0 Å². The lowest BCUT2D eigenvalue weighted by molar-refractivity contribution is -0.137. The van der Waals surface area contributed by atoms with E-state index >= 15 is 0 Å². The summed E-state index contributed by atoms with van der Waals surface area (Å²) in [6.07, 6.45) is -2.59. The summed E-state index contributed by atoms with van der Waals surface area (Å²) in [5.74, 6) is -0.711. The SMILES string of the molecule is O=C(Nc1cc(C(F)(F)F)ccc1Cl)c1ccc(C(=O)N2CCCC2)cc1. The van der Waals surface area contributed by atoms with Gasteiger partial charge in [0.15, 0.2) is 0 Å². The zero-order valence-corrected chi connectivity index (χ0v) is 14.9. The predicted molar refractivity (Wildman–Crippen MR) is 96.0 cm³/mol. The van der Waals surface area contributed by atoms with Crippen LogP contribution in [0.3, 0.4) is 0 Å². The summed E-state index contributed by atoms with van der Waals surface area (Å²) in [5.41, 5.74) is -0.366. The van der Waals surface area contributed by atoms with E-state index in [1.54, 1.807) is 4.90 Å². The summed E-state index contributed by atoms with van der Waals surface area (Å²) >= 11 is 5.89. The van der Waals surface area contributed by atoms with Gasteiger partial charge < -0.3 is 10.2 Å². The second kappa shape index (κ2) is 7.60. The molecule has 142 valence electrons. The molecule has 0 radical (unpaired) electrons. The summed E-state index contributed by atoms with van der Waals surface area (Å²) in [5, 5.41) is 2.37. The van der Waals surface area contributed by atoms with E-state index in [9.17, 15) is 22.8 Å². The van der Waals surface area contributed by atoms with Gasteiger partial charge in [0.2, 0.25) is 0 Å². The molecule has 8 heteroatoms. The first kappa shape index (κ1) is 19.2. The maximum atomic E-state index is 12.8. The molecule has 0 aromatic heterocycles. The first-order valence-electron chi connectivity index (χ1n) is 8.33. The van der Waals surface area contributed by atoms with Crippen LogP contribution in [-0.2, 0) is 6.18 Å². The van der Waals surface area contributed by atoms with Crippen LogP contribution in [0, 0.1) is 0 Å². The van der Waals surface area contributed by atoms with Crippen LogP contribution in [0.2, 0.25) is 5.02 Å². The zero-order chi connectivity index (χ0) is 19.6. The maximum Gasteiger partial charge on any atom is 0.416 e. The zero-order valence-electron chi connectivity index (χ0n) is 14.1. The van der Waals surface area contributed by atoms with E-state index in [0.29, 0.717) is 5.56 Å². The Bertz CT molecular complexity index is 860. The summed E-state index contributed by atoms with van der Waals surface area (Å²) < 4.78 is 38.4. The molecule has 2 amide bonds. The number of carbonyl (C=O) groups is 2. The molecule has 1 fully saturated rings. The highest BCUT2D eigenvalue weighted by molar-refractivity contribution is 6.34. The van der Waals surface area contributed by atoms with E-state index in [4.69, 9.17) is 11.6 Å². The molecule has 1 aliphatic rings. The summed E-state index contributed by atoms with van der Waals surface area (Å²) in [6, 6.07) is 8.69. The Labute approximate surface area is 158 Å². The van der Waals surface area contributed by atoms with Crippen molar-refractivity contribution in [1.82, 2.24) is 4.90 Å². The van der Waals surface area contributed by atoms with E-state index in [1.165, 1.54) is 24.3 Å². The minimum atomic E-state index is -4.54. The second-order valence-electron chi connectivity index (χ2n) is 6.22. The van der Waals surface area contributed by atoms with Crippen molar-refractivity contribution >= 4 is 29.1 Å². The van der Waals surface area contributed by atoms with E-state index in [1.807, 2.05) is 0 Å². The molecule has 4 nitrogen and oxygen atoms in total. The number of carbonyl (C=O) groups excluding carboxylic acids is 2. The lowest BCUT2D eigenvalue weighted by Crippen LogP contribution is -2.27. The van der Waals surface area contributed by atoms with Crippen LogP contribution >= 0.6 is 11.6 Å². The fourth-order valence-corrected chi connectivity index (χ4v) is 3.02. The summed E-state index contributed by atoms with van der Waals surface area (Å²) in [6.45, 7) is 1.43. The van der Waals surface area contributed by atoms with Gasteiger partial charge in [-0.15, -0.1) is 0 Å². The number of hydrogen-bond acceptors (Lipinski definition) is 2. The highest BCUT2D eigenvalue weighted by atomic mass is 35.5. The third-order valence-electron chi connectivity index (χ3n) is 4.33. The Kier molecular flexibility index (Phi) is 5.41. The van der Waals surface area contributed by atoms with Crippen molar-refractivity contribution in [2.45, 2.75) is 19.0 Å². The van der Waals surface area contributed by atoms with Gasteiger partial charge in [-0.2, -0.15) is 13.2 Å². The van der Waals surface area contributed by atoms with Crippen LogP contribution in [-0.4, -0.2) is 29.8 Å². The van der Waals surface area contributed by atoms with Gasteiger partial charge in [0.1, 0.15) is 0 Å². The normalized spacial score (nSPS) is 14.3. The van der Waals surface area contributed by atoms with Crippen LogP contribution in [0.1, 0.15) is 39.1 Å². The van der Waals surface area contributed by atoms with Crippen LogP contribution in [0.4, 0.5) is 18.9 Å². The van der Waals surface area contributed by atoms with Crippen molar-refractivity contribution < 1.29 is 22.8 Å². The molecule has 0 saturated carbocycles. The number of halogens is 4. The van der Waals surface area contributed by atoms with E-state index in [2.05, 4.69) is 5.32 Å². The molecule has 0 spiro atoms. The Hall–Kier alpha value is -2.54. The fourth-order valence-electron chi connectivity index (χ4n) is 2.86. The van der Waals surface area contributed by atoms with Crippen molar-refractivity contribution in [2.75, 3.05) is 18.4 Å². The number of alkyl halides is 3. The lowest BCUT2D eigenvalue weighted by atomic mass is 10.1. The Morgan fingerprint density at radius 3 is 2.15 bits per heavy atom. The number of amides is 2. The molecule has 3 rings (SSSR count). The number of benzene rings is 2. The molecule has 27 heavy (non-hydrogen) atoms. The first-order valence-corrected chi connectivity index (χ1v) is 8.71. The van der Waals surface area contributed by atoms with Gasteiger partial charge in [0.05, 0.1) is 16.3 Å². The highest BCUT2D eigenvalue weighted by Gasteiger charge is 2.31. The van der Waals surface area contributed by atoms with Gasteiger partial charge in [-0.3, -0.25) is 9.59 Å². The molecule has 1 saturated heterocycles. The van der Waals surface area contributed by atoms with Crippen molar-refractivity contribution in [3.8, 4) is 0 Å². The van der Waals surface area contributed by atoms with Gasteiger partial charge in [-0.25, -0.2) is 0 Å². The number of rotatable bonds is 3. The molecular formula is C19H16ClF3N2O2. The van der Waals surface area contributed by atoms with Crippen LogP contribution in [0.15, 0.2) is 42.5 Å². The molecule has 0 atom stereocenters. The van der Waals surface area contributed by atoms with Gasteiger partial charge in [0.25, 0.3) is 11.8 Å². The quantitative estimate of drug-likeness (QED) is 0.806. The summed E-state index contributed by atoms with van der Waals surface area (Å²) in [4.78, 5) is 26.4. The van der Waals surface area contributed by atoms with Crippen LogP contribution in [0.25, 0.3) is 0 Å². The third-order valence-corrected chi connectivity index (χ3v) is 4.66. The Balaban J connectivity index is 1.74. The first-order chi connectivity index (χ1) is 12.8. The summed E-state index contributed by atoms with van der Waals surface area (Å²) in [7, 11) is 0. The number of nitrogens with one attached hydrogen (secondary N) is 1. The topological polar surface area (TPSA) is 49.4 Å². The van der Waals surface area contributed by atoms with E-state index < -0.39 is 17.6 Å². The average Bonchev–Trinajstić information content (AvgIpc) is 3.16. The highest BCUT2D eigenvalue weighted by Crippen LogP contribution is 2.34. The molecule has 2 aromatic carbocycles. The minimum absolute atomic E-state index is 0.00261. The average molecular weight is 397 g/mol. The number of anilines is 1. The maximum absolute atomic E-state index is 12.8. The van der Waals surface area contributed by atoms with E-state index in [-0.39, 0.29) is 22.2 Å².